The van der Waals surface area contributed by atoms with E-state index in [1.807, 2.05) is 38.1 Å². The SMILES string of the molecule is Cc1ccc(-n2nc(C)c3nc(CCC(=O)Nc4ccc(F)c(Cl)c4)c(=O)n(C)c32)cc1. The van der Waals surface area contributed by atoms with Crippen molar-refractivity contribution >= 4 is 34.4 Å². The molecule has 0 atom stereocenters. The van der Waals surface area contributed by atoms with Gasteiger partial charge < -0.3 is 5.32 Å². The molecule has 4 aromatic rings. The summed E-state index contributed by atoms with van der Waals surface area (Å²) in [4.78, 5) is 29.8. The molecule has 0 unspecified atom stereocenters. The summed E-state index contributed by atoms with van der Waals surface area (Å²) >= 11 is 5.74. The highest BCUT2D eigenvalue weighted by molar-refractivity contribution is 6.31. The lowest BCUT2D eigenvalue weighted by Crippen LogP contribution is -2.25. The molecule has 4 rings (SSSR count). The number of aromatic nitrogens is 4. The van der Waals surface area contributed by atoms with Crippen LogP contribution in [0.1, 0.15) is 23.4 Å². The second-order valence-electron chi connectivity index (χ2n) is 7.60. The Morgan fingerprint density at radius 2 is 1.88 bits per heavy atom. The van der Waals surface area contributed by atoms with Crippen LogP contribution in [0.5, 0.6) is 0 Å². The van der Waals surface area contributed by atoms with Gasteiger partial charge in [-0.05, 0) is 44.2 Å². The average molecular weight is 454 g/mol. The Kier molecular flexibility index (Phi) is 5.80. The summed E-state index contributed by atoms with van der Waals surface area (Å²) in [6, 6.07) is 11.8. The molecule has 1 amide bonds. The Hall–Kier alpha value is -3.52. The van der Waals surface area contributed by atoms with Crippen molar-refractivity contribution in [1.29, 1.82) is 0 Å². The molecule has 0 aliphatic heterocycles. The van der Waals surface area contributed by atoms with Gasteiger partial charge in [0, 0.05) is 25.6 Å². The van der Waals surface area contributed by atoms with Crippen molar-refractivity contribution in [2.45, 2.75) is 26.7 Å². The van der Waals surface area contributed by atoms with Gasteiger partial charge in [-0.15, -0.1) is 0 Å². The van der Waals surface area contributed by atoms with Crippen LogP contribution in [0.15, 0.2) is 47.3 Å². The minimum Gasteiger partial charge on any atom is -0.326 e. The first-order valence-electron chi connectivity index (χ1n) is 10.0. The largest absolute Gasteiger partial charge is 0.326 e. The first-order valence-corrected chi connectivity index (χ1v) is 10.4. The summed E-state index contributed by atoms with van der Waals surface area (Å²) in [5.41, 5.74) is 4.20. The first-order chi connectivity index (χ1) is 15.2. The molecule has 0 radical (unpaired) electrons. The molecule has 2 aromatic heterocycles. The van der Waals surface area contributed by atoms with Crippen LogP contribution in [-0.2, 0) is 18.3 Å². The van der Waals surface area contributed by atoms with Crippen LogP contribution >= 0.6 is 11.6 Å². The standard InChI is InChI=1S/C23H21ClFN5O2/c1-13-4-7-16(8-5-13)30-22-21(14(2)28-30)27-19(23(32)29(22)3)10-11-20(31)26-15-6-9-18(25)17(24)12-15/h4-9,12H,10-11H2,1-3H3,(H,26,31). The molecule has 0 saturated heterocycles. The fourth-order valence-electron chi connectivity index (χ4n) is 3.47. The van der Waals surface area contributed by atoms with E-state index in [9.17, 15) is 14.0 Å². The normalized spacial score (nSPS) is 11.2. The molecule has 2 heterocycles. The van der Waals surface area contributed by atoms with E-state index in [2.05, 4.69) is 15.4 Å². The predicted molar refractivity (Wildman–Crippen MR) is 122 cm³/mol. The molecule has 32 heavy (non-hydrogen) atoms. The van der Waals surface area contributed by atoms with Gasteiger partial charge in [0.25, 0.3) is 5.56 Å². The molecule has 2 aromatic carbocycles. The van der Waals surface area contributed by atoms with Crippen molar-refractivity contribution in [3.63, 3.8) is 0 Å². The third-order valence-electron chi connectivity index (χ3n) is 5.19. The fourth-order valence-corrected chi connectivity index (χ4v) is 3.65. The third-order valence-corrected chi connectivity index (χ3v) is 5.48. The van der Waals surface area contributed by atoms with Gasteiger partial charge in [-0.25, -0.2) is 14.1 Å². The minimum atomic E-state index is -0.563. The Bertz CT molecular complexity index is 1390. The number of nitrogens with one attached hydrogen (secondary N) is 1. The summed E-state index contributed by atoms with van der Waals surface area (Å²) < 4.78 is 16.5. The number of nitrogens with zero attached hydrogens (tertiary/aromatic N) is 4. The molecule has 0 spiro atoms. The Balaban J connectivity index is 1.60. The van der Waals surface area contributed by atoms with Crippen LogP contribution in [0.25, 0.3) is 16.9 Å². The summed E-state index contributed by atoms with van der Waals surface area (Å²) in [7, 11) is 1.67. The smallest absolute Gasteiger partial charge is 0.273 e. The highest BCUT2D eigenvalue weighted by Gasteiger charge is 2.18. The van der Waals surface area contributed by atoms with Crippen LogP contribution in [0.2, 0.25) is 5.02 Å². The van der Waals surface area contributed by atoms with Crippen LogP contribution in [0.3, 0.4) is 0 Å². The van der Waals surface area contributed by atoms with E-state index in [0.717, 1.165) is 11.3 Å². The monoisotopic (exact) mass is 453 g/mol. The lowest BCUT2D eigenvalue weighted by Gasteiger charge is -2.09. The van der Waals surface area contributed by atoms with E-state index in [1.54, 1.807) is 11.7 Å². The van der Waals surface area contributed by atoms with Gasteiger partial charge in [0.1, 0.15) is 17.0 Å². The quantitative estimate of drug-likeness (QED) is 0.493. The van der Waals surface area contributed by atoms with Gasteiger partial charge in [-0.1, -0.05) is 29.3 Å². The zero-order valence-corrected chi connectivity index (χ0v) is 18.6. The number of amides is 1. The van der Waals surface area contributed by atoms with Crippen LogP contribution < -0.4 is 10.9 Å². The van der Waals surface area contributed by atoms with Gasteiger partial charge in [0.05, 0.1) is 16.4 Å². The lowest BCUT2D eigenvalue weighted by atomic mass is 10.2. The Labute approximate surface area is 188 Å². The third kappa shape index (κ3) is 4.13. The molecule has 0 saturated carbocycles. The van der Waals surface area contributed by atoms with E-state index in [-0.39, 0.29) is 35.0 Å². The molecule has 1 N–H and O–H groups in total. The molecule has 9 heteroatoms. The van der Waals surface area contributed by atoms with Crippen LogP contribution in [-0.4, -0.2) is 25.2 Å². The number of carbonyl (C=O) groups is 1. The van der Waals surface area contributed by atoms with Gasteiger partial charge >= 0.3 is 0 Å². The van der Waals surface area contributed by atoms with Crippen molar-refractivity contribution in [2.24, 2.45) is 7.05 Å². The van der Waals surface area contributed by atoms with E-state index >= 15 is 0 Å². The van der Waals surface area contributed by atoms with Crippen LogP contribution in [0.4, 0.5) is 10.1 Å². The number of carbonyl (C=O) groups excluding carboxylic acids is 1. The maximum Gasteiger partial charge on any atom is 0.273 e. The molecular weight excluding hydrogens is 433 g/mol. The van der Waals surface area contributed by atoms with E-state index < -0.39 is 5.82 Å². The van der Waals surface area contributed by atoms with Gasteiger partial charge in [0.15, 0.2) is 5.65 Å². The van der Waals surface area contributed by atoms with Gasteiger partial charge in [0.2, 0.25) is 5.91 Å². The molecule has 0 fully saturated rings. The number of aryl methyl sites for hydroxylation is 4. The van der Waals surface area contributed by atoms with E-state index in [1.165, 1.54) is 22.8 Å². The summed E-state index contributed by atoms with van der Waals surface area (Å²) in [5.74, 6) is -0.893. The highest BCUT2D eigenvalue weighted by atomic mass is 35.5. The number of anilines is 1. The topological polar surface area (TPSA) is 81.8 Å². The summed E-state index contributed by atoms with van der Waals surface area (Å²) in [6.07, 6.45) is 0.187. The number of fused-ring (bicyclic) bond motifs is 1. The van der Waals surface area contributed by atoms with Crippen molar-refractivity contribution in [1.82, 2.24) is 19.3 Å². The van der Waals surface area contributed by atoms with Crippen LogP contribution in [0, 0.1) is 19.7 Å². The fraction of sp³-hybridized carbons (Fsp3) is 0.217. The zero-order valence-electron chi connectivity index (χ0n) is 17.8. The van der Waals surface area contributed by atoms with E-state index in [4.69, 9.17) is 11.6 Å². The Morgan fingerprint density at radius 3 is 2.56 bits per heavy atom. The molecule has 0 bridgehead atoms. The van der Waals surface area contributed by atoms with Crippen molar-refractivity contribution < 1.29 is 9.18 Å². The van der Waals surface area contributed by atoms with Gasteiger partial charge in [-0.3, -0.25) is 14.2 Å². The summed E-state index contributed by atoms with van der Waals surface area (Å²) in [6.45, 7) is 3.83. The van der Waals surface area contributed by atoms with Crippen molar-refractivity contribution in [2.75, 3.05) is 5.32 Å². The van der Waals surface area contributed by atoms with E-state index in [0.29, 0.717) is 22.5 Å². The average Bonchev–Trinajstić information content (AvgIpc) is 3.09. The Morgan fingerprint density at radius 1 is 1.16 bits per heavy atom. The summed E-state index contributed by atoms with van der Waals surface area (Å²) in [5, 5.41) is 7.14. The second-order valence-corrected chi connectivity index (χ2v) is 8.01. The predicted octanol–water partition coefficient (Wildman–Crippen LogP) is 4.10. The first kappa shape index (κ1) is 21.7. The molecule has 0 aliphatic carbocycles. The zero-order chi connectivity index (χ0) is 23.0. The molecule has 164 valence electrons. The maximum atomic E-state index is 13.3. The van der Waals surface area contributed by atoms with Gasteiger partial charge in [-0.2, -0.15) is 5.10 Å². The number of hydrogen-bond donors (Lipinski definition) is 1. The van der Waals surface area contributed by atoms with Crippen molar-refractivity contribution in [3.8, 4) is 5.69 Å². The number of halogens is 2. The number of rotatable bonds is 5. The minimum absolute atomic E-state index is 0.0356. The number of benzene rings is 2. The number of hydrogen-bond acceptors (Lipinski definition) is 4. The molecular formula is C23H21ClFN5O2. The lowest BCUT2D eigenvalue weighted by molar-refractivity contribution is -0.116. The molecule has 7 nitrogen and oxygen atoms in total. The van der Waals surface area contributed by atoms with Crippen molar-refractivity contribution in [3.05, 3.63) is 80.6 Å². The maximum absolute atomic E-state index is 13.3. The second kappa shape index (κ2) is 8.55. The highest BCUT2D eigenvalue weighted by Crippen LogP contribution is 2.21. The molecule has 0 aliphatic rings.